The Morgan fingerprint density at radius 1 is 1.38 bits per heavy atom. The first kappa shape index (κ1) is 12.1. The van der Waals surface area contributed by atoms with Gasteiger partial charge in [0.2, 0.25) is 0 Å². The quantitative estimate of drug-likeness (QED) is 0.728. The molecule has 1 aliphatic rings. The first-order chi connectivity index (χ1) is 7.92. The third kappa shape index (κ3) is 3.08. The Labute approximate surface area is 103 Å². The fraction of sp³-hybridized carbons (Fsp3) is 0.714. The predicted molar refractivity (Wildman–Crippen MR) is 72.1 cm³/mol. The van der Waals surface area contributed by atoms with E-state index in [2.05, 4.69) is 23.7 Å². The van der Waals surface area contributed by atoms with Crippen molar-refractivity contribution in [2.75, 3.05) is 6.54 Å². The second kappa shape index (κ2) is 6.41. The molecular weight excluding hydrogens is 214 g/mol. The minimum Gasteiger partial charge on any atom is -0.310 e. The van der Waals surface area contributed by atoms with Crippen molar-refractivity contribution in [3.63, 3.8) is 0 Å². The molecule has 0 aliphatic heterocycles. The van der Waals surface area contributed by atoms with Gasteiger partial charge < -0.3 is 5.32 Å². The van der Waals surface area contributed by atoms with Crippen molar-refractivity contribution in [3.05, 3.63) is 21.9 Å². The molecule has 0 amide bonds. The molecule has 2 heteroatoms. The van der Waals surface area contributed by atoms with Crippen LogP contribution in [0.25, 0.3) is 0 Å². The molecule has 1 aromatic heterocycles. The maximum Gasteiger partial charge on any atom is 0.0331 e. The van der Waals surface area contributed by atoms with Gasteiger partial charge in [-0.25, -0.2) is 0 Å². The van der Waals surface area contributed by atoms with E-state index >= 15 is 0 Å². The molecule has 0 bridgehead atoms. The molecule has 90 valence electrons. The van der Waals surface area contributed by atoms with E-state index in [1.54, 1.807) is 10.4 Å². The number of aryl methyl sites for hydroxylation is 1. The minimum absolute atomic E-state index is 0.650. The van der Waals surface area contributed by atoms with E-state index in [-0.39, 0.29) is 0 Å². The molecule has 1 aliphatic carbocycles. The summed E-state index contributed by atoms with van der Waals surface area (Å²) in [5.74, 6) is 0. The Morgan fingerprint density at radius 3 is 3.19 bits per heavy atom. The molecule has 1 aromatic rings. The maximum atomic E-state index is 3.73. The van der Waals surface area contributed by atoms with E-state index in [4.69, 9.17) is 0 Å². The lowest BCUT2D eigenvalue weighted by Gasteiger charge is -2.23. The zero-order chi connectivity index (χ0) is 11.2. The van der Waals surface area contributed by atoms with Crippen LogP contribution < -0.4 is 5.32 Å². The van der Waals surface area contributed by atoms with Gasteiger partial charge in [0.25, 0.3) is 0 Å². The number of hydrogen-bond donors (Lipinski definition) is 1. The smallest absolute Gasteiger partial charge is 0.0331 e. The van der Waals surface area contributed by atoms with Gasteiger partial charge >= 0.3 is 0 Å². The van der Waals surface area contributed by atoms with Gasteiger partial charge in [-0.15, -0.1) is 11.3 Å². The molecular formula is C14H23NS. The number of rotatable bonds is 6. The predicted octanol–water partition coefficient (Wildman–Crippen LogP) is 4.30. The largest absolute Gasteiger partial charge is 0.310 e. The van der Waals surface area contributed by atoms with Crippen LogP contribution in [0.15, 0.2) is 11.4 Å². The summed E-state index contributed by atoms with van der Waals surface area (Å²) < 4.78 is 0. The van der Waals surface area contributed by atoms with Crippen LogP contribution in [-0.2, 0) is 6.42 Å². The van der Waals surface area contributed by atoms with Gasteiger partial charge in [0.1, 0.15) is 0 Å². The van der Waals surface area contributed by atoms with Crippen molar-refractivity contribution in [3.8, 4) is 0 Å². The molecule has 1 N–H and O–H groups in total. The zero-order valence-corrected chi connectivity index (χ0v) is 11.1. The topological polar surface area (TPSA) is 12.0 Å². The summed E-state index contributed by atoms with van der Waals surface area (Å²) in [5, 5.41) is 5.98. The molecule has 16 heavy (non-hydrogen) atoms. The van der Waals surface area contributed by atoms with Gasteiger partial charge in [0.05, 0.1) is 0 Å². The summed E-state index contributed by atoms with van der Waals surface area (Å²) in [5.41, 5.74) is 1.59. The van der Waals surface area contributed by atoms with Crippen molar-refractivity contribution in [1.82, 2.24) is 5.32 Å². The van der Waals surface area contributed by atoms with Crippen molar-refractivity contribution in [2.45, 2.75) is 57.9 Å². The van der Waals surface area contributed by atoms with Crippen molar-refractivity contribution < 1.29 is 0 Å². The zero-order valence-electron chi connectivity index (χ0n) is 10.3. The van der Waals surface area contributed by atoms with Crippen molar-refractivity contribution in [1.29, 1.82) is 0 Å². The van der Waals surface area contributed by atoms with Crippen LogP contribution in [0.1, 0.15) is 61.9 Å². The monoisotopic (exact) mass is 237 g/mol. The highest BCUT2D eigenvalue weighted by Crippen LogP contribution is 2.33. The number of hydrogen-bond acceptors (Lipinski definition) is 2. The lowest BCUT2D eigenvalue weighted by atomic mass is 9.94. The Hall–Kier alpha value is -0.340. The summed E-state index contributed by atoms with van der Waals surface area (Å²) in [6.45, 7) is 3.46. The van der Waals surface area contributed by atoms with Gasteiger partial charge in [-0.3, -0.25) is 0 Å². The Balaban J connectivity index is 1.75. The molecule has 0 radical (unpaired) electrons. The van der Waals surface area contributed by atoms with E-state index in [1.165, 1.54) is 51.5 Å². The van der Waals surface area contributed by atoms with E-state index in [0.717, 1.165) is 0 Å². The summed E-state index contributed by atoms with van der Waals surface area (Å²) >= 11 is 1.94. The highest BCUT2D eigenvalue weighted by Gasteiger charge is 2.19. The standard InChI is InChI=1S/C14H23NS/c1-2-3-4-5-10-15-13-7-6-8-14-12(13)9-11-16-14/h9,11,13,15H,2-8,10H2,1H3. The molecule has 2 rings (SSSR count). The van der Waals surface area contributed by atoms with Crippen LogP contribution in [0.2, 0.25) is 0 Å². The van der Waals surface area contributed by atoms with Crippen LogP contribution >= 0.6 is 11.3 Å². The Morgan fingerprint density at radius 2 is 2.31 bits per heavy atom. The number of nitrogens with one attached hydrogen (secondary N) is 1. The van der Waals surface area contributed by atoms with Crippen LogP contribution in [0.3, 0.4) is 0 Å². The summed E-state index contributed by atoms with van der Waals surface area (Å²) in [7, 11) is 0. The van der Waals surface area contributed by atoms with E-state index in [1.807, 2.05) is 11.3 Å². The normalized spacial score (nSPS) is 19.7. The lowest BCUT2D eigenvalue weighted by molar-refractivity contribution is 0.453. The molecule has 1 unspecified atom stereocenters. The third-order valence-electron chi connectivity index (χ3n) is 3.47. The van der Waals surface area contributed by atoms with Crippen LogP contribution in [0.5, 0.6) is 0 Å². The number of fused-ring (bicyclic) bond motifs is 1. The first-order valence-electron chi connectivity index (χ1n) is 6.71. The van der Waals surface area contributed by atoms with Crippen LogP contribution in [0, 0.1) is 0 Å². The van der Waals surface area contributed by atoms with Gasteiger partial charge in [0.15, 0.2) is 0 Å². The van der Waals surface area contributed by atoms with E-state index in [9.17, 15) is 0 Å². The number of unbranched alkanes of at least 4 members (excludes halogenated alkanes) is 3. The average Bonchev–Trinajstić information content (AvgIpc) is 2.77. The molecule has 0 saturated heterocycles. The third-order valence-corrected chi connectivity index (χ3v) is 4.47. The summed E-state index contributed by atoms with van der Waals surface area (Å²) in [6, 6.07) is 2.97. The highest BCUT2D eigenvalue weighted by atomic mass is 32.1. The molecule has 0 saturated carbocycles. The molecule has 0 fully saturated rings. The second-order valence-corrected chi connectivity index (χ2v) is 5.76. The molecule has 0 aromatic carbocycles. The van der Waals surface area contributed by atoms with Crippen LogP contribution in [0.4, 0.5) is 0 Å². The summed E-state index contributed by atoms with van der Waals surface area (Å²) in [4.78, 5) is 1.62. The Bertz CT molecular complexity index is 305. The summed E-state index contributed by atoms with van der Waals surface area (Å²) in [6.07, 6.45) is 9.43. The molecule has 0 spiro atoms. The fourth-order valence-electron chi connectivity index (χ4n) is 2.53. The van der Waals surface area contributed by atoms with Gasteiger partial charge in [0, 0.05) is 10.9 Å². The minimum atomic E-state index is 0.650. The maximum absolute atomic E-state index is 3.73. The fourth-order valence-corrected chi connectivity index (χ4v) is 3.51. The molecule has 1 nitrogen and oxygen atoms in total. The second-order valence-electron chi connectivity index (χ2n) is 4.76. The highest BCUT2D eigenvalue weighted by molar-refractivity contribution is 7.10. The number of thiophene rings is 1. The van der Waals surface area contributed by atoms with Crippen molar-refractivity contribution in [2.24, 2.45) is 0 Å². The Kier molecular flexibility index (Phi) is 4.86. The SMILES string of the molecule is CCCCCCNC1CCCc2sccc21. The van der Waals surface area contributed by atoms with Crippen LogP contribution in [-0.4, -0.2) is 6.54 Å². The van der Waals surface area contributed by atoms with E-state index in [0.29, 0.717) is 6.04 Å². The first-order valence-corrected chi connectivity index (χ1v) is 7.59. The molecule has 1 atom stereocenters. The van der Waals surface area contributed by atoms with Gasteiger partial charge in [-0.1, -0.05) is 26.2 Å². The van der Waals surface area contributed by atoms with E-state index < -0.39 is 0 Å². The molecule has 1 heterocycles. The average molecular weight is 237 g/mol. The van der Waals surface area contributed by atoms with Gasteiger partial charge in [-0.05, 0) is 49.2 Å². The lowest BCUT2D eigenvalue weighted by Crippen LogP contribution is -2.25. The van der Waals surface area contributed by atoms with Crippen molar-refractivity contribution >= 4 is 11.3 Å². The van der Waals surface area contributed by atoms with Gasteiger partial charge in [-0.2, -0.15) is 0 Å².